The second-order valence-electron chi connectivity index (χ2n) is 9.22. The van der Waals surface area contributed by atoms with Crippen molar-refractivity contribution in [2.45, 2.75) is 57.5 Å². The summed E-state index contributed by atoms with van der Waals surface area (Å²) in [6.45, 7) is 5.16. The Balaban J connectivity index is 0.000000505. The minimum absolute atomic E-state index is 0.111. The quantitative estimate of drug-likeness (QED) is 0.515. The number of nitrogens with zero attached hydrogens (tertiary/aromatic N) is 3. The summed E-state index contributed by atoms with van der Waals surface area (Å²) in [5, 5.41) is 7.12. The Labute approximate surface area is 218 Å². The predicted molar refractivity (Wildman–Crippen MR) is 130 cm³/mol. The number of aliphatic carboxylic acids is 1. The summed E-state index contributed by atoms with van der Waals surface area (Å²) in [6, 6.07) is 8.79. The molecule has 0 spiro atoms. The molecule has 1 unspecified atom stereocenters. The van der Waals surface area contributed by atoms with Gasteiger partial charge in [-0.25, -0.2) is 14.2 Å². The molecule has 0 aliphatic carbocycles. The van der Waals surface area contributed by atoms with Gasteiger partial charge in [-0.05, 0) is 57.4 Å². The number of pyridine rings is 1. The van der Waals surface area contributed by atoms with Gasteiger partial charge in [0.25, 0.3) is 5.91 Å². The predicted octanol–water partition coefficient (Wildman–Crippen LogP) is 4.53. The standard InChI is InChI=1S/C24H30FN3O3.C2HF3O2/c1-17-5-3-11-27(17)15-19-6-4-12-28(19)24(29)21-9-8-20(13-22(21)25)31-16-18-7-10-23(30-2)26-14-18;3-2(4,5)1(6)7/h7-10,13-14,17,19H,3-6,11-12,15-16H2,1-2H3;(H,6,7)/t17-,19?;/m0./s1. The lowest BCUT2D eigenvalue weighted by Crippen LogP contribution is -2.44. The number of carboxylic acid groups (broad SMARTS) is 1. The number of carbonyl (C=O) groups is 2. The maximum absolute atomic E-state index is 14.8. The molecule has 0 radical (unpaired) electrons. The molecule has 38 heavy (non-hydrogen) atoms. The van der Waals surface area contributed by atoms with Crippen LogP contribution in [-0.2, 0) is 11.4 Å². The van der Waals surface area contributed by atoms with Gasteiger partial charge >= 0.3 is 12.1 Å². The van der Waals surface area contributed by atoms with Crippen molar-refractivity contribution in [3.05, 3.63) is 53.5 Å². The molecule has 4 rings (SSSR count). The first kappa shape index (κ1) is 29.2. The fourth-order valence-corrected chi connectivity index (χ4v) is 4.53. The fraction of sp³-hybridized carbons (Fsp3) is 0.500. The largest absolute Gasteiger partial charge is 0.490 e. The van der Waals surface area contributed by atoms with Crippen LogP contribution in [0.5, 0.6) is 11.6 Å². The van der Waals surface area contributed by atoms with Crippen LogP contribution in [0.1, 0.15) is 48.5 Å². The van der Waals surface area contributed by atoms with Crippen LogP contribution in [-0.4, -0.2) is 76.8 Å². The number of methoxy groups -OCH3 is 1. The molecular weight excluding hydrogens is 510 g/mol. The topological polar surface area (TPSA) is 92.2 Å². The molecule has 3 heterocycles. The number of ether oxygens (including phenoxy) is 2. The molecule has 2 fully saturated rings. The van der Waals surface area contributed by atoms with E-state index < -0.39 is 18.0 Å². The van der Waals surface area contributed by atoms with Gasteiger partial charge in [0.15, 0.2) is 0 Å². The molecule has 2 aliphatic rings. The summed E-state index contributed by atoms with van der Waals surface area (Å²) in [6.07, 6.45) is 0.945. The third-order valence-electron chi connectivity index (χ3n) is 6.60. The van der Waals surface area contributed by atoms with Crippen molar-refractivity contribution in [2.75, 3.05) is 26.7 Å². The Morgan fingerprint density at radius 2 is 1.84 bits per heavy atom. The van der Waals surface area contributed by atoms with Crippen molar-refractivity contribution in [1.29, 1.82) is 0 Å². The molecule has 2 aliphatic heterocycles. The fourth-order valence-electron chi connectivity index (χ4n) is 4.53. The van der Waals surface area contributed by atoms with Crippen molar-refractivity contribution >= 4 is 11.9 Å². The summed E-state index contributed by atoms with van der Waals surface area (Å²) >= 11 is 0. The number of carboxylic acids is 1. The smallest absolute Gasteiger partial charge is 0.489 e. The van der Waals surface area contributed by atoms with E-state index in [-0.39, 0.29) is 24.1 Å². The maximum atomic E-state index is 14.8. The SMILES string of the molecule is COc1ccc(COc2ccc(C(=O)N3CCCC3CN3CCC[C@@H]3C)c(F)c2)cn1.O=C(O)C(F)(F)F. The second kappa shape index (κ2) is 12.9. The average molecular weight is 542 g/mol. The molecule has 8 nitrogen and oxygen atoms in total. The number of halogens is 4. The Hall–Kier alpha value is -3.41. The highest BCUT2D eigenvalue weighted by Gasteiger charge is 2.38. The number of rotatable bonds is 7. The van der Waals surface area contributed by atoms with Crippen LogP contribution in [0.15, 0.2) is 36.5 Å². The number of aromatic nitrogens is 1. The van der Waals surface area contributed by atoms with Crippen LogP contribution in [0.25, 0.3) is 0 Å². The van der Waals surface area contributed by atoms with Crippen molar-refractivity contribution < 1.29 is 41.7 Å². The lowest BCUT2D eigenvalue weighted by Gasteiger charge is -2.31. The van der Waals surface area contributed by atoms with E-state index in [1.54, 1.807) is 25.4 Å². The summed E-state index contributed by atoms with van der Waals surface area (Å²) in [5.74, 6) is -2.62. The van der Waals surface area contributed by atoms with Crippen LogP contribution in [0.2, 0.25) is 0 Å². The molecule has 0 bridgehead atoms. The van der Waals surface area contributed by atoms with Gasteiger partial charge < -0.3 is 19.5 Å². The number of likely N-dealkylation sites (tertiary alicyclic amines) is 2. The zero-order chi connectivity index (χ0) is 27.9. The molecule has 1 aromatic carbocycles. The Bertz CT molecular complexity index is 1100. The first-order valence-electron chi connectivity index (χ1n) is 12.3. The zero-order valence-electron chi connectivity index (χ0n) is 21.2. The van der Waals surface area contributed by atoms with E-state index in [0.29, 0.717) is 24.2 Å². The molecule has 0 saturated carbocycles. The summed E-state index contributed by atoms with van der Waals surface area (Å²) in [5.41, 5.74) is 0.956. The average Bonchev–Trinajstić information content (AvgIpc) is 3.51. The van der Waals surface area contributed by atoms with Crippen LogP contribution < -0.4 is 9.47 Å². The minimum atomic E-state index is -5.08. The lowest BCUT2D eigenvalue weighted by molar-refractivity contribution is -0.192. The normalized spacial score (nSPS) is 19.6. The van der Waals surface area contributed by atoms with Gasteiger partial charge in [-0.1, -0.05) is 0 Å². The molecule has 1 amide bonds. The van der Waals surface area contributed by atoms with Gasteiger partial charge in [0.05, 0.1) is 12.7 Å². The van der Waals surface area contributed by atoms with E-state index in [9.17, 15) is 22.4 Å². The van der Waals surface area contributed by atoms with Crippen LogP contribution in [0.3, 0.4) is 0 Å². The first-order chi connectivity index (χ1) is 18.0. The Kier molecular flexibility index (Phi) is 9.90. The highest BCUT2D eigenvalue weighted by Crippen LogP contribution is 2.26. The van der Waals surface area contributed by atoms with E-state index in [4.69, 9.17) is 19.4 Å². The molecule has 12 heteroatoms. The number of carbonyl (C=O) groups excluding carboxylic acids is 1. The number of amides is 1. The number of benzene rings is 1. The Morgan fingerprint density at radius 1 is 1.13 bits per heavy atom. The van der Waals surface area contributed by atoms with Gasteiger partial charge in [0.1, 0.15) is 18.2 Å². The van der Waals surface area contributed by atoms with E-state index >= 15 is 0 Å². The summed E-state index contributed by atoms with van der Waals surface area (Å²) in [7, 11) is 1.56. The molecule has 1 aromatic heterocycles. The van der Waals surface area contributed by atoms with Crippen LogP contribution >= 0.6 is 0 Å². The number of hydrogen-bond donors (Lipinski definition) is 1. The van der Waals surface area contributed by atoms with Gasteiger partial charge in [-0.3, -0.25) is 9.69 Å². The minimum Gasteiger partial charge on any atom is -0.489 e. The van der Waals surface area contributed by atoms with E-state index in [2.05, 4.69) is 16.8 Å². The highest BCUT2D eigenvalue weighted by atomic mass is 19.4. The maximum Gasteiger partial charge on any atom is 0.490 e. The monoisotopic (exact) mass is 541 g/mol. The van der Waals surface area contributed by atoms with E-state index in [1.807, 2.05) is 11.0 Å². The number of hydrogen-bond acceptors (Lipinski definition) is 6. The van der Waals surface area contributed by atoms with Gasteiger partial charge in [0, 0.05) is 49.1 Å². The zero-order valence-corrected chi connectivity index (χ0v) is 21.2. The first-order valence-corrected chi connectivity index (χ1v) is 12.3. The second-order valence-corrected chi connectivity index (χ2v) is 9.22. The number of alkyl halides is 3. The van der Waals surface area contributed by atoms with Crippen LogP contribution in [0.4, 0.5) is 17.6 Å². The van der Waals surface area contributed by atoms with E-state index in [1.165, 1.54) is 25.0 Å². The molecular formula is C26H31F4N3O5. The highest BCUT2D eigenvalue weighted by molar-refractivity contribution is 5.95. The lowest BCUT2D eigenvalue weighted by atomic mass is 10.1. The van der Waals surface area contributed by atoms with Gasteiger partial charge in [-0.15, -0.1) is 0 Å². The third-order valence-corrected chi connectivity index (χ3v) is 6.60. The third kappa shape index (κ3) is 7.80. The van der Waals surface area contributed by atoms with Gasteiger partial charge in [0.2, 0.25) is 5.88 Å². The van der Waals surface area contributed by atoms with Crippen LogP contribution in [0, 0.1) is 5.82 Å². The molecule has 2 atom stereocenters. The molecule has 2 saturated heterocycles. The van der Waals surface area contributed by atoms with Crippen molar-refractivity contribution in [2.24, 2.45) is 0 Å². The van der Waals surface area contributed by atoms with Crippen molar-refractivity contribution in [3.8, 4) is 11.6 Å². The Morgan fingerprint density at radius 3 is 2.39 bits per heavy atom. The van der Waals surface area contributed by atoms with Crippen molar-refractivity contribution in [1.82, 2.24) is 14.8 Å². The van der Waals surface area contributed by atoms with Gasteiger partial charge in [-0.2, -0.15) is 13.2 Å². The molecule has 208 valence electrons. The summed E-state index contributed by atoms with van der Waals surface area (Å²) in [4.78, 5) is 30.4. The van der Waals surface area contributed by atoms with Crippen molar-refractivity contribution in [3.63, 3.8) is 0 Å². The van der Waals surface area contributed by atoms with E-state index in [0.717, 1.165) is 31.5 Å². The molecule has 2 aromatic rings. The summed E-state index contributed by atoms with van der Waals surface area (Å²) < 4.78 is 57.3. The molecule has 1 N–H and O–H groups in total.